The Balaban J connectivity index is 2.02. The topological polar surface area (TPSA) is 43.8 Å². The van der Waals surface area contributed by atoms with Crippen molar-refractivity contribution in [1.82, 2.24) is 9.78 Å². The van der Waals surface area contributed by atoms with E-state index in [1.165, 1.54) is 31.4 Å². The first-order valence-corrected chi connectivity index (χ1v) is 5.92. The fourth-order valence-electron chi connectivity index (χ4n) is 2.60. The lowest BCUT2D eigenvalue weighted by molar-refractivity contribution is 0.251. The lowest BCUT2D eigenvalue weighted by Gasteiger charge is -2.30. The molecule has 1 unspecified atom stereocenters. The number of aromatic nitrogens is 2. The number of aryl methyl sites for hydroxylation is 1. The number of nitrogens with two attached hydrogens (primary N) is 1. The van der Waals surface area contributed by atoms with Crippen molar-refractivity contribution in [3.8, 4) is 0 Å². The second kappa shape index (κ2) is 4.35. The molecule has 2 rings (SSSR count). The molecule has 3 nitrogen and oxygen atoms in total. The normalized spacial score (nSPS) is 29.0. The Morgan fingerprint density at radius 1 is 1.40 bits per heavy atom. The molecule has 15 heavy (non-hydrogen) atoms. The molecule has 0 bridgehead atoms. The summed E-state index contributed by atoms with van der Waals surface area (Å²) in [5, 5.41) is 4.18. The van der Waals surface area contributed by atoms with Crippen LogP contribution in [-0.2, 0) is 7.05 Å². The van der Waals surface area contributed by atoms with Crippen LogP contribution < -0.4 is 5.73 Å². The average molecular weight is 207 g/mol. The minimum atomic E-state index is 0.171. The Labute approximate surface area is 91.7 Å². The van der Waals surface area contributed by atoms with E-state index >= 15 is 0 Å². The Morgan fingerprint density at radius 2 is 2.07 bits per heavy atom. The molecule has 84 valence electrons. The van der Waals surface area contributed by atoms with Crippen molar-refractivity contribution in [3.05, 3.63) is 18.0 Å². The van der Waals surface area contributed by atoms with Crippen molar-refractivity contribution >= 4 is 0 Å². The number of hydrogen-bond donors (Lipinski definition) is 1. The summed E-state index contributed by atoms with van der Waals surface area (Å²) in [6.45, 7) is 2.34. The summed E-state index contributed by atoms with van der Waals surface area (Å²) in [7, 11) is 1.97. The highest BCUT2D eigenvalue weighted by molar-refractivity contribution is 5.07. The Hall–Kier alpha value is -0.830. The van der Waals surface area contributed by atoms with Crippen LogP contribution in [0.3, 0.4) is 0 Å². The van der Waals surface area contributed by atoms with Gasteiger partial charge in [0.1, 0.15) is 0 Å². The summed E-state index contributed by atoms with van der Waals surface area (Å²) in [6, 6.07) is 2.22. The average Bonchev–Trinajstić information content (AvgIpc) is 2.65. The summed E-state index contributed by atoms with van der Waals surface area (Å²) < 4.78 is 1.91. The predicted molar refractivity (Wildman–Crippen MR) is 61.3 cm³/mol. The fraction of sp³-hybridized carbons (Fsp3) is 0.750. The van der Waals surface area contributed by atoms with Crippen molar-refractivity contribution < 1.29 is 0 Å². The third kappa shape index (κ3) is 2.23. The van der Waals surface area contributed by atoms with Gasteiger partial charge in [-0.2, -0.15) is 5.10 Å². The van der Waals surface area contributed by atoms with Crippen LogP contribution in [0.1, 0.15) is 44.3 Å². The largest absolute Gasteiger partial charge is 0.322 e. The van der Waals surface area contributed by atoms with Gasteiger partial charge in [-0.1, -0.05) is 19.8 Å². The van der Waals surface area contributed by atoms with E-state index in [1.54, 1.807) is 0 Å². The van der Waals surface area contributed by atoms with Gasteiger partial charge in [0.2, 0.25) is 0 Å². The van der Waals surface area contributed by atoms with E-state index in [9.17, 15) is 0 Å². The fourth-order valence-corrected chi connectivity index (χ4v) is 2.60. The molecule has 1 heterocycles. The van der Waals surface area contributed by atoms with Crippen LogP contribution in [0, 0.1) is 11.8 Å². The minimum absolute atomic E-state index is 0.171. The second-order valence-electron chi connectivity index (χ2n) is 4.93. The number of nitrogens with zero attached hydrogens (tertiary/aromatic N) is 2. The molecule has 0 radical (unpaired) electrons. The molecule has 0 saturated heterocycles. The molecule has 0 aromatic carbocycles. The van der Waals surface area contributed by atoms with Gasteiger partial charge in [0.05, 0.1) is 5.69 Å². The monoisotopic (exact) mass is 207 g/mol. The number of hydrogen-bond acceptors (Lipinski definition) is 2. The van der Waals surface area contributed by atoms with Crippen LogP contribution in [0.5, 0.6) is 0 Å². The molecule has 1 aliphatic rings. The molecule has 1 fully saturated rings. The van der Waals surface area contributed by atoms with Crippen molar-refractivity contribution in [1.29, 1.82) is 0 Å². The van der Waals surface area contributed by atoms with Gasteiger partial charge < -0.3 is 5.73 Å². The molecule has 1 atom stereocenters. The molecular formula is C12H21N3. The molecule has 1 saturated carbocycles. The van der Waals surface area contributed by atoms with Crippen LogP contribution in [-0.4, -0.2) is 9.78 Å². The van der Waals surface area contributed by atoms with Crippen molar-refractivity contribution in [3.63, 3.8) is 0 Å². The Kier molecular flexibility index (Phi) is 3.10. The Morgan fingerprint density at radius 3 is 2.60 bits per heavy atom. The van der Waals surface area contributed by atoms with Gasteiger partial charge in [-0.25, -0.2) is 0 Å². The molecule has 0 amide bonds. The van der Waals surface area contributed by atoms with Crippen molar-refractivity contribution in [2.24, 2.45) is 24.6 Å². The van der Waals surface area contributed by atoms with Crippen molar-refractivity contribution in [2.75, 3.05) is 0 Å². The molecule has 1 aromatic rings. The first kappa shape index (κ1) is 10.7. The summed E-state index contributed by atoms with van der Waals surface area (Å²) in [5.74, 6) is 1.54. The van der Waals surface area contributed by atoms with Crippen LogP contribution in [0.4, 0.5) is 0 Å². The van der Waals surface area contributed by atoms with Crippen LogP contribution in [0.2, 0.25) is 0 Å². The standard InChI is InChI=1S/C12H21N3/c1-9-3-5-10(6-4-9)12(13)11-7-8-14-15(11)2/h7-10,12H,3-6,13H2,1-2H3. The van der Waals surface area contributed by atoms with E-state index in [-0.39, 0.29) is 6.04 Å². The second-order valence-corrected chi connectivity index (χ2v) is 4.93. The minimum Gasteiger partial charge on any atom is -0.322 e. The maximum atomic E-state index is 6.30. The third-order valence-electron chi connectivity index (χ3n) is 3.77. The van der Waals surface area contributed by atoms with Gasteiger partial charge in [0.15, 0.2) is 0 Å². The number of rotatable bonds is 2. The van der Waals surface area contributed by atoms with E-state index in [1.807, 2.05) is 24.0 Å². The molecule has 0 aliphatic heterocycles. The lowest BCUT2D eigenvalue weighted by atomic mass is 9.79. The summed E-state index contributed by atoms with van der Waals surface area (Å²) in [5.41, 5.74) is 7.48. The van der Waals surface area contributed by atoms with Gasteiger partial charge in [0.25, 0.3) is 0 Å². The van der Waals surface area contributed by atoms with E-state index in [0.29, 0.717) is 5.92 Å². The van der Waals surface area contributed by atoms with Gasteiger partial charge in [0, 0.05) is 19.3 Å². The van der Waals surface area contributed by atoms with Gasteiger partial charge >= 0.3 is 0 Å². The summed E-state index contributed by atoms with van der Waals surface area (Å²) in [6.07, 6.45) is 7.04. The summed E-state index contributed by atoms with van der Waals surface area (Å²) in [4.78, 5) is 0. The van der Waals surface area contributed by atoms with Gasteiger partial charge in [-0.15, -0.1) is 0 Å². The zero-order chi connectivity index (χ0) is 10.8. The van der Waals surface area contributed by atoms with Crippen molar-refractivity contribution in [2.45, 2.75) is 38.6 Å². The smallest absolute Gasteiger partial charge is 0.0550 e. The molecular weight excluding hydrogens is 186 g/mol. The van der Waals surface area contributed by atoms with E-state index in [4.69, 9.17) is 5.73 Å². The van der Waals surface area contributed by atoms with Crippen LogP contribution >= 0.6 is 0 Å². The molecule has 2 N–H and O–H groups in total. The third-order valence-corrected chi connectivity index (χ3v) is 3.77. The Bertz CT molecular complexity index is 310. The van der Waals surface area contributed by atoms with Gasteiger partial charge in [-0.3, -0.25) is 4.68 Å². The van der Waals surface area contributed by atoms with E-state index in [2.05, 4.69) is 12.0 Å². The molecule has 3 heteroatoms. The van der Waals surface area contributed by atoms with Crippen LogP contribution in [0.25, 0.3) is 0 Å². The first-order valence-electron chi connectivity index (χ1n) is 5.92. The SMILES string of the molecule is CC1CCC(C(N)c2ccnn2C)CC1. The summed E-state index contributed by atoms with van der Waals surface area (Å²) >= 11 is 0. The van der Waals surface area contributed by atoms with Gasteiger partial charge in [-0.05, 0) is 30.7 Å². The zero-order valence-electron chi connectivity index (χ0n) is 9.69. The predicted octanol–water partition coefficient (Wildman–Crippen LogP) is 2.25. The molecule has 0 spiro atoms. The highest BCUT2D eigenvalue weighted by Crippen LogP contribution is 2.35. The quantitative estimate of drug-likeness (QED) is 0.808. The maximum absolute atomic E-state index is 6.30. The lowest BCUT2D eigenvalue weighted by Crippen LogP contribution is -2.27. The first-order chi connectivity index (χ1) is 7.18. The maximum Gasteiger partial charge on any atom is 0.0550 e. The highest BCUT2D eigenvalue weighted by atomic mass is 15.3. The highest BCUT2D eigenvalue weighted by Gasteiger charge is 2.25. The van der Waals surface area contributed by atoms with Crippen LogP contribution in [0.15, 0.2) is 12.3 Å². The molecule has 1 aromatic heterocycles. The van der Waals surface area contributed by atoms with E-state index < -0.39 is 0 Å². The van der Waals surface area contributed by atoms with E-state index in [0.717, 1.165) is 5.92 Å². The zero-order valence-corrected chi connectivity index (χ0v) is 9.69. The molecule has 1 aliphatic carbocycles.